The highest BCUT2D eigenvalue weighted by Gasteiger charge is 2.06. The molecule has 0 radical (unpaired) electrons. The van der Waals surface area contributed by atoms with Crippen LogP contribution in [0.4, 0.5) is 0 Å². The molecule has 20 heavy (non-hydrogen) atoms. The number of aromatic amines is 1. The summed E-state index contributed by atoms with van der Waals surface area (Å²) in [6, 6.07) is 10.3. The van der Waals surface area contributed by atoms with Gasteiger partial charge in [-0.15, -0.1) is 11.3 Å². The quantitative estimate of drug-likeness (QED) is 0.684. The average Bonchev–Trinajstić information content (AvgIpc) is 3.16. The number of nitrogens with zero attached hydrogens (tertiary/aromatic N) is 2. The number of rotatable bonds is 6. The first-order valence-corrected chi connectivity index (χ1v) is 7.48. The molecule has 0 fully saturated rings. The van der Waals surface area contributed by atoms with Crippen molar-refractivity contribution in [3.05, 3.63) is 58.7 Å². The van der Waals surface area contributed by atoms with Gasteiger partial charge < -0.3 is 5.32 Å². The van der Waals surface area contributed by atoms with Gasteiger partial charge in [-0.3, -0.25) is 5.10 Å². The minimum absolute atomic E-state index is 0.812. The summed E-state index contributed by atoms with van der Waals surface area (Å²) in [6.07, 6.45) is 4.71. The molecule has 0 atom stereocenters. The molecule has 2 N–H and O–H groups in total. The molecule has 0 saturated heterocycles. The van der Waals surface area contributed by atoms with Crippen molar-refractivity contribution >= 4 is 11.3 Å². The van der Waals surface area contributed by atoms with Crippen LogP contribution in [0, 0.1) is 0 Å². The van der Waals surface area contributed by atoms with E-state index in [9.17, 15) is 0 Å². The minimum Gasteiger partial charge on any atom is -0.312 e. The maximum atomic E-state index is 4.28. The van der Waals surface area contributed by atoms with E-state index in [-0.39, 0.29) is 0 Å². The monoisotopic (exact) mass is 284 g/mol. The van der Waals surface area contributed by atoms with Gasteiger partial charge in [0, 0.05) is 36.7 Å². The third-order valence-corrected chi connectivity index (χ3v) is 3.93. The molecule has 3 rings (SSSR count). The molecule has 0 bridgehead atoms. The smallest absolute Gasteiger partial charge is 0.0937 e. The summed E-state index contributed by atoms with van der Waals surface area (Å²) in [7, 11) is 0. The summed E-state index contributed by atoms with van der Waals surface area (Å²) in [5, 5.41) is 13.9. The van der Waals surface area contributed by atoms with E-state index in [2.05, 4.69) is 32.6 Å². The third kappa shape index (κ3) is 3.12. The van der Waals surface area contributed by atoms with Crippen LogP contribution >= 0.6 is 11.3 Å². The van der Waals surface area contributed by atoms with E-state index in [0.29, 0.717) is 0 Å². The number of aromatic nitrogens is 3. The summed E-state index contributed by atoms with van der Waals surface area (Å²) in [4.78, 5) is 4.28. The predicted octanol–water partition coefficient (Wildman–Crippen LogP) is 2.87. The van der Waals surface area contributed by atoms with Crippen LogP contribution in [0.5, 0.6) is 0 Å². The first-order valence-electron chi connectivity index (χ1n) is 6.60. The molecule has 0 amide bonds. The highest BCUT2D eigenvalue weighted by molar-refractivity contribution is 7.09. The van der Waals surface area contributed by atoms with Gasteiger partial charge in [0.15, 0.2) is 0 Å². The molecule has 1 aromatic carbocycles. The molecule has 102 valence electrons. The average molecular weight is 284 g/mol. The third-order valence-electron chi connectivity index (χ3n) is 3.09. The Labute approximate surface area is 121 Å². The SMILES string of the molecule is c1ccc(-c2[nH]ncc2CNCCc2nccs2)cc1. The highest BCUT2D eigenvalue weighted by Crippen LogP contribution is 2.20. The van der Waals surface area contributed by atoms with Crippen LogP contribution in [-0.2, 0) is 13.0 Å². The van der Waals surface area contributed by atoms with E-state index in [4.69, 9.17) is 0 Å². The van der Waals surface area contributed by atoms with Gasteiger partial charge in [-0.05, 0) is 5.56 Å². The molecular weight excluding hydrogens is 268 g/mol. The van der Waals surface area contributed by atoms with Crippen LogP contribution in [0.15, 0.2) is 48.1 Å². The fraction of sp³-hybridized carbons (Fsp3) is 0.200. The lowest BCUT2D eigenvalue weighted by Crippen LogP contribution is -2.16. The Morgan fingerprint density at radius 3 is 2.90 bits per heavy atom. The van der Waals surface area contributed by atoms with Gasteiger partial charge in [0.2, 0.25) is 0 Å². The normalized spacial score (nSPS) is 10.8. The standard InChI is InChI=1S/C15H16N4S/c1-2-4-12(5-3-1)15-13(11-18-19-15)10-16-7-6-14-17-8-9-20-14/h1-5,8-9,11,16H,6-7,10H2,(H,18,19). The van der Waals surface area contributed by atoms with E-state index >= 15 is 0 Å². The Balaban J connectivity index is 1.57. The molecule has 0 aliphatic rings. The topological polar surface area (TPSA) is 53.6 Å². The number of hydrogen-bond acceptors (Lipinski definition) is 4. The molecule has 2 aromatic heterocycles. The zero-order valence-electron chi connectivity index (χ0n) is 11.0. The van der Waals surface area contributed by atoms with Crippen molar-refractivity contribution < 1.29 is 0 Å². The Hall–Kier alpha value is -1.98. The second kappa shape index (κ2) is 6.45. The van der Waals surface area contributed by atoms with Crippen molar-refractivity contribution in [3.63, 3.8) is 0 Å². The zero-order chi connectivity index (χ0) is 13.6. The Bertz CT molecular complexity index is 631. The lowest BCUT2D eigenvalue weighted by molar-refractivity contribution is 0.686. The number of thiazole rings is 1. The van der Waals surface area contributed by atoms with Crippen molar-refractivity contribution in [1.29, 1.82) is 0 Å². The van der Waals surface area contributed by atoms with E-state index in [1.54, 1.807) is 11.3 Å². The summed E-state index contributed by atoms with van der Waals surface area (Å²) in [5.74, 6) is 0. The van der Waals surface area contributed by atoms with Crippen LogP contribution in [-0.4, -0.2) is 21.7 Å². The van der Waals surface area contributed by atoms with Crippen molar-refractivity contribution in [2.75, 3.05) is 6.54 Å². The maximum Gasteiger partial charge on any atom is 0.0937 e. The van der Waals surface area contributed by atoms with Crippen molar-refractivity contribution in [1.82, 2.24) is 20.5 Å². The van der Waals surface area contributed by atoms with Crippen LogP contribution < -0.4 is 5.32 Å². The first kappa shape index (κ1) is 13.0. The molecule has 0 unspecified atom stereocenters. The molecule has 0 saturated carbocycles. The summed E-state index contributed by atoms with van der Waals surface area (Å²) >= 11 is 1.70. The van der Waals surface area contributed by atoms with Gasteiger partial charge in [-0.2, -0.15) is 5.10 Å². The molecule has 3 aromatic rings. The fourth-order valence-corrected chi connectivity index (χ4v) is 2.72. The second-order valence-electron chi connectivity index (χ2n) is 4.49. The Morgan fingerprint density at radius 1 is 1.20 bits per heavy atom. The molecule has 0 aliphatic carbocycles. The van der Waals surface area contributed by atoms with Crippen molar-refractivity contribution in [2.24, 2.45) is 0 Å². The summed E-state index contributed by atoms with van der Waals surface area (Å²) < 4.78 is 0. The molecular formula is C15H16N4S. The maximum absolute atomic E-state index is 4.28. The lowest BCUT2D eigenvalue weighted by Gasteiger charge is -2.05. The molecule has 4 nitrogen and oxygen atoms in total. The van der Waals surface area contributed by atoms with Gasteiger partial charge in [-0.25, -0.2) is 4.98 Å². The largest absolute Gasteiger partial charge is 0.312 e. The van der Waals surface area contributed by atoms with Crippen LogP contribution in [0.1, 0.15) is 10.6 Å². The van der Waals surface area contributed by atoms with E-state index in [1.165, 1.54) is 16.1 Å². The van der Waals surface area contributed by atoms with Crippen LogP contribution in [0.2, 0.25) is 0 Å². The molecule has 0 spiro atoms. The zero-order valence-corrected chi connectivity index (χ0v) is 11.9. The van der Waals surface area contributed by atoms with Gasteiger partial charge in [0.25, 0.3) is 0 Å². The van der Waals surface area contributed by atoms with Gasteiger partial charge in [-0.1, -0.05) is 30.3 Å². The predicted molar refractivity (Wildman–Crippen MR) is 81.5 cm³/mol. The molecule has 0 aliphatic heterocycles. The number of H-pyrrole nitrogens is 1. The molecule has 2 heterocycles. The number of nitrogens with one attached hydrogen (secondary N) is 2. The Morgan fingerprint density at radius 2 is 2.10 bits per heavy atom. The van der Waals surface area contributed by atoms with Crippen molar-refractivity contribution in [3.8, 4) is 11.3 Å². The summed E-state index contributed by atoms with van der Waals surface area (Å²) in [5.41, 5.74) is 3.45. The number of hydrogen-bond donors (Lipinski definition) is 2. The first-order chi connectivity index (χ1) is 9.93. The van der Waals surface area contributed by atoms with Gasteiger partial charge in [0.05, 0.1) is 16.9 Å². The van der Waals surface area contributed by atoms with Crippen LogP contribution in [0.25, 0.3) is 11.3 Å². The lowest BCUT2D eigenvalue weighted by atomic mass is 10.1. The minimum atomic E-state index is 0.812. The van der Waals surface area contributed by atoms with E-state index < -0.39 is 0 Å². The van der Waals surface area contributed by atoms with Gasteiger partial charge >= 0.3 is 0 Å². The molecule has 5 heteroatoms. The summed E-state index contributed by atoms with van der Waals surface area (Å²) in [6.45, 7) is 1.74. The van der Waals surface area contributed by atoms with E-state index in [1.807, 2.05) is 36.0 Å². The van der Waals surface area contributed by atoms with Crippen molar-refractivity contribution in [2.45, 2.75) is 13.0 Å². The highest BCUT2D eigenvalue weighted by atomic mass is 32.1. The fourth-order valence-electron chi connectivity index (χ4n) is 2.09. The second-order valence-corrected chi connectivity index (χ2v) is 5.47. The Kier molecular flexibility index (Phi) is 4.20. The van der Waals surface area contributed by atoms with E-state index in [0.717, 1.165) is 25.2 Å². The van der Waals surface area contributed by atoms with Gasteiger partial charge in [0.1, 0.15) is 0 Å². The van der Waals surface area contributed by atoms with Crippen LogP contribution in [0.3, 0.4) is 0 Å². The number of benzene rings is 1.